The first-order valence-corrected chi connectivity index (χ1v) is 11.3. The molecule has 0 bridgehead atoms. The van der Waals surface area contributed by atoms with E-state index in [0.29, 0.717) is 22.8 Å². The van der Waals surface area contributed by atoms with Gasteiger partial charge in [-0.3, -0.25) is 9.59 Å². The summed E-state index contributed by atoms with van der Waals surface area (Å²) < 4.78 is 11.4. The van der Waals surface area contributed by atoms with Gasteiger partial charge < -0.3 is 14.8 Å². The Balaban J connectivity index is 1.27. The molecule has 2 heterocycles. The number of aromatic nitrogens is 1. The Morgan fingerprint density at radius 1 is 1.17 bits per heavy atom. The molecule has 6 nitrogen and oxygen atoms in total. The van der Waals surface area contributed by atoms with Gasteiger partial charge in [-0.05, 0) is 30.7 Å². The predicted molar refractivity (Wildman–Crippen MR) is 116 cm³/mol. The van der Waals surface area contributed by atoms with Crippen LogP contribution in [0.25, 0.3) is 0 Å². The summed E-state index contributed by atoms with van der Waals surface area (Å²) in [7, 11) is 0. The first-order valence-electron chi connectivity index (χ1n) is 9.43. The van der Waals surface area contributed by atoms with Crippen molar-refractivity contribution in [2.45, 2.75) is 23.7 Å². The zero-order valence-electron chi connectivity index (χ0n) is 16.3. The van der Waals surface area contributed by atoms with Gasteiger partial charge in [0.15, 0.2) is 21.6 Å². The number of carbonyl (C=O) groups is 2. The third kappa shape index (κ3) is 5.01. The zero-order chi connectivity index (χ0) is 20.9. The number of rotatable bonds is 8. The summed E-state index contributed by atoms with van der Waals surface area (Å²) in [4.78, 5) is 29.3. The van der Waals surface area contributed by atoms with Gasteiger partial charge in [0.1, 0.15) is 0 Å². The lowest BCUT2D eigenvalue weighted by atomic mass is 10.1. The van der Waals surface area contributed by atoms with Gasteiger partial charge in [-0.25, -0.2) is 4.98 Å². The van der Waals surface area contributed by atoms with Crippen LogP contribution in [-0.2, 0) is 11.2 Å². The molecule has 3 aromatic rings. The van der Waals surface area contributed by atoms with Crippen molar-refractivity contribution in [1.82, 2.24) is 10.3 Å². The number of Topliss-reactive ketones (excluding diaryl/α,β-unsaturated/α-hetero) is 1. The summed E-state index contributed by atoms with van der Waals surface area (Å²) in [5.74, 6) is 1.43. The fourth-order valence-corrected chi connectivity index (χ4v) is 4.74. The van der Waals surface area contributed by atoms with E-state index in [2.05, 4.69) is 10.3 Å². The van der Waals surface area contributed by atoms with Crippen molar-refractivity contribution < 1.29 is 19.1 Å². The lowest BCUT2D eigenvalue weighted by molar-refractivity contribution is -0.121. The van der Waals surface area contributed by atoms with Gasteiger partial charge in [-0.2, -0.15) is 0 Å². The van der Waals surface area contributed by atoms with Gasteiger partial charge in [0, 0.05) is 10.9 Å². The highest BCUT2D eigenvalue weighted by molar-refractivity contribution is 8.01. The van der Waals surface area contributed by atoms with E-state index in [4.69, 9.17) is 9.47 Å². The van der Waals surface area contributed by atoms with Crippen molar-refractivity contribution in [3.05, 3.63) is 70.7 Å². The Hall–Kier alpha value is -2.84. The molecule has 0 saturated heterocycles. The third-order valence-corrected chi connectivity index (χ3v) is 6.64. The fourth-order valence-electron chi connectivity index (χ4n) is 3.00. The maximum Gasteiger partial charge on any atom is 0.231 e. The molecule has 1 atom stereocenters. The molecule has 1 amide bonds. The number of benzene rings is 2. The number of fused-ring (bicyclic) bond motifs is 1. The van der Waals surface area contributed by atoms with Crippen molar-refractivity contribution >= 4 is 34.8 Å². The van der Waals surface area contributed by atoms with Gasteiger partial charge in [0.05, 0.1) is 23.9 Å². The molecule has 2 aromatic carbocycles. The van der Waals surface area contributed by atoms with E-state index in [1.165, 1.54) is 23.1 Å². The van der Waals surface area contributed by atoms with Crippen LogP contribution in [0.1, 0.15) is 34.6 Å². The molecule has 0 spiro atoms. The van der Waals surface area contributed by atoms with Crippen LogP contribution < -0.4 is 14.8 Å². The largest absolute Gasteiger partial charge is 0.454 e. The molecular formula is C22H20N2O4S2. The minimum atomic E-state index is -0.0790. The highest BCUT2D eigenvalue weighted by Gasteiger charge is 2.17. The predicted octanol–water partition coefficient (Wildman–Crippen LogP) is 4.27. The highest BCUT2D eigenvalue weighted by atomic mass is 32.2. The smallest absolute Gasteiger partial charge is 0.231 e. The van der Waals surface area contributed by atoms with Crippen LogP contribution in [0.5, 0.6) is 11.5 Å². The highest BCUT2D eigenvalue weighted by Crippen LogP contribution is 2.33. The van der Waals surface area contributed by atoms with Gasteiger partial charge in [0.25, 0.3) is 0 Å². The first kappa shape index (κ1) is 20.4. The molecule has 0 unspecified atom stereocenters. The molecule has 1 N–H and O–H groups in total. The molecule has 0 saturated carbocycles. The Morgan fingerprint density at radius 3 is 2.80 bits per heavy atom. The van der Waals surface area contributed by atoms with Crippen LogP contribution in [0.15, 0.2) is 58.3 Å². The minimum absolute atomic E-state index is 0.00974. The van der Waals surface area contributed by atoms with Crippen LogP contribution >= 0.6 is 23.1 Å². The molecule has 0 aliphatic carbocycles. The van der Waals surface area contributed by atoms with E-state index < -0.39 is 0 Å². The second-order valence-corrected chi connectivity index (χ2v) is 8.84. The first-order chi connectivity index (χ1) is 14.6. The summed E-state index contributed by atoms with van der Waals surface area (Å²) in [6.45, 7) is 2.14. The van der Waals surface area contributed by atoms with E-state index in [1.54, 1.807) is 18.2 Å². The lowest BCUT2D eigenvalue weighted by Crippen LogP contribution is -2.28. The summed E-state index contributed by atoms with van der Waals surface area (Å²) >= 11 is 2.81. The average molecular weight is 441 g/mol. The van der Waals surface area contributed by atoms with E-state index in [1.807, 2.05) is 42.6 Å². The molecule has 4 rings (SSSR count). The number of nitrogens with zero attached hydrogens (tertiary/aromatic N) is 1. The van der Waals surface area contributed by atoms with Crippen LogP contribution in [0.3, 0.4) is 0 Å². The number of amides is 1. The van der Waals surface area contributed by atoms with Crippen molar-refractivity contribution in [1.29, 1.82) is 0 Å². The number of hydrogen-bond acceptors (Lipinski definition) is 7. The lowest BCUT2D eigenvalue weighted by Gasteiger charge is -2.13. The number of nitrogens with one attached hydrogen (secondary N) is 1. The van der Waals surface area contributed by atoms with Crippen LogP contribution in [0.2, 0.25) is 0 Å². The summed E-state index contributed by atoms with van der Waals surface area (Å²) in [6.07, 6.45) is 0.213. The van der Waals surface area contributed by atoms with Crippen molar-refractivity contribution in [3.63, 3.8) is 0 Å². The minimum Gasteiger partial charge on any atom is -0.454 e. The van der Waals surface area contributed by atoms with Crippen LogP contribution in [0, 0.1) is 0 Å². The second kappa shape index (κ2) is 9.32. The third-order valence-electron chi connectivity index (χ3n) is 4.57. The number of ether oxygens (including phenoxy) is 2. The van der Waals surface area contributed by atoms with E-state index in [9.17, 15) is 9.59 Å². The number of carbonyl (C=O) groups excluding carboxylic acids is 2. The van der Waals surface area contributed by atoms with Gasteiger partial charge in [0.2, 0.25) is 12.7 Å². The van der Waals surface area contributed by atoms with Crippen molar-refractivity contribution in [2.75, 3.05) is 12.5 Å². The number of thioether (sulfide) groups is 1. The quantitative estimate of drug-likeness (QED) is 0.416. The van der Waals surface area contributed by atoms with Gasteiger partial charge in [-0.1, -0.05) is 42.1 Å². The van der Waals surface area contributed by atoms with Gasteiger partial charge >= 0.3 is 0 Å². The monoisotopic (exact) mass is 440 g/mol. The van der Waals surface area contributed by atoms with Crippen molar-refractivity contribution in [2.24, 2.45) is 0 Å². The molecule has 154 valence electrons. The molecule has 30 heavy (non-hydrogen) atoms. The van der Waals surface area contributed by atoms with Crippen LogP contribution in [0.4, 0.5) is 0 Å². The SMILES string of the molecule is C[C@@H](NC(=O)Cc1csc(SCC(=O)c2ccc3c(c2)OCO3)n1)c1ccccc1. The van der Waals surface area contributed by atoms with E-state index in [0.717, 1.165) is 9.90 Å². The molecule has 8 heteroatoms. The molecule has 1 aromatic heterocycles. The number of hydrogen-bond donors (Lipinski definition) is 1. The molecule has 0 radical (unpaired) electrons. The normalized spacial score (nSPS) is 13.1. The van der Waals surface area contributed by atoms with E-state index >= 15 is 0 Å². The van der Waals surface area contributed by atoms with E-state index in [-0.39, 0.29) is 36.7 Å². The summed E-state index contributed by atoms with van der Waals surface area (Å²) in [6, 6.07) is 14.9. The summed E-state index contributed by atoms with van der Waals surface area (Å²) in [5.41, 5.74) is 2.34. The van der Waals surface area contributed by atoms with Crippen molar-refractivity contribution in [3.8, 4) is 11.5 Å². The number of ketones is 1. The maximum atomic E-state index is 12.5. The number of thiazole rings is 1. The molecule has 1 aliphatic heterocycles. The Kier molecular flexibility index (Phi) is 6.35. The summed E-state index contributed by atoms with van der Waals surface area (Å²) in [5, 5.41) is 4.85. The second-order valence-electron chi connectivity index (χ2n) is 6.76. The van der Waals surface area contributed by atoms with Gasteiger partial charge in [-0.15, -0.1) is 11.3 Å². The Bertz CT molecular complexity index is 1050. The van der Waals surface area contributed by atoms with Crippen LogP contribution in [-0.4, -0.2) is 29.2 Å². The topological polar surface area (TPSA) is 77.5 Å². The zero-order valence-corrected chi connectivity index (χ0v) is 17.9. The maximum absolute atomic E-state index is 12.5. The Morgan fingerprint density at radius 2 is 1.97 bits per heavy atom. The fraction of sp³-hybridized carbons (Fsp3) is 0.227. The molecule has 0 fully saturated rings. The standard InChI is InChI=1S/C22H20N2O4S2/c1-14(15-5-3-2-4-6-15)23-21(26)10-17-11-29-22(24-17)30-12-18(25)16-7-8-19-20(9-16)28-13-27-19/h2-9,11,14H,10,12-13H2,1H3,(H,23,26)/t14-/m1/s1. The molecular weight excluding hydrogens is 420 g/mol. The Labute approximate surface area is 182 Å². The molecule has 1 aliphatic rings. The average Bonchev–Trinajstić information content (AvgIpc) is 3.41.